The number of amides is 2. The Morgan fingerprint density at radius 3 is 1.91 bits per heavy atom. The molecule has 1 unspecified atom stereocenters. The summed E-state index contributed by atoms with van der Waals surface area (Å²) in [6.07, 6.45) is 11.8. The first-order chi connectivity index (χ1) is 11.1. The highest BCUT2D eigenvalue weighted by Crippen LogP contribution is 2.29. The van der Waals surface area contributed by atoms with Gasteiger partial charge in [-0.15, -0.1) is 0 Å². The monoisotopic (exact) mass is 322 g/mol. The lowest BCUT2D eigenvalue weighted by Crippen LogP contribution is -2.42. The molecule has 0 aliphatic heterocycles. The lowest BCUT2D eigenvalue weighted by Gasteiger charge is -2.29. The summed E-state index contributed by atoms with van der Waals surface area (Å²) in [7, 11) is 0. The minimum Gasteiger partial charge on any atom is -0.353 e. The Bertz CT molecular complexity index is 381. The smallest absolute Gasteiger partial charge is 0.223 e. The zero-order chi connectivity index (χ0) is 16.7. The third-order valence-electron chi connectivity index (χ3n) is 5.67. The third-order valence-corrected chi connectivity index (χ3v) is 5.67. The molecule has 4 heteroatoms. The minimum atomic E-state index is 0.103. The molecule has 0 bridgehead atoms. The maximum absolute atomic E-state index is 12.5. The molecule has 2 rings (SSSR count). The van der Waals surface area contributed by atoms with Crippen LogP contribution in [-0.4, -0.2) is 23.9 Å². The van der Waals surface area contributed by atoms with Crippen LogP contribution < -0.4 is 10.6 Å². The van der Waals surface area contributed by atoms with Crippen LogP contribution in [0.1, 0.15) is 84.5 Å². The second-order valence-corrected chi connectivity index (χ2v) is 7.56. The molecule has 2 amide bonds. The second kappa shape index (κ2) is 9.29. The molecule has 0 aromatic rings. The predicted molar refractivity (Wildman–Crippen MR) is 93.0 cm³/mol. The predicted octanol–water partition coefficient (Wildman–Crippen LogP) is 3.55. The average Bonchev–Trinajstić information content (AvgIpc) is 2.83. The maximum Gasteiger partial charge on any atom is 0.223 e. The van der Waals surface area contributed by atoms with Crippen LogP contribution in [0, 0.1) is 11.8 Å². The first kappa shape index (κ1) is 18.3. The molecule has 2 aliphatic rings. The third kappa shape index (κ3) is 5.82. The van der Waals surface area contributed by atoms with Gasteiger partial charge in [0, 0.05) is 23.9 Å². The Morgan fingerprint density at radius 1 is 0.870 bits per heavy atom. The molecule has 0 aromatic carbocycles. The van der Waals surface area contributed by atoms with Crippen molar-refractivity contribution in [1.82, 2.24) is 10.6 Å². The quantitative estimate of drug-likeness (QED) is 0.761. The van der Waals surface area contributed by atoms with Crippen LogP contribution in [0.15, 0.2) is 0 Å². The molecule has 2 fully saturated rings. The summed E-state index contributed by atoms with van der Waals surface area (Å²) in [5.74, 6) is 0.636. The van der Waals surface area contributed by atoms with E-state index in [1.165, 1.54) is 25.7 Å². The summed E-state index contributed by atoms with van der Waals surface area (Å²) in [5, 5.41) is 6.35. The molecule has 0 spiro atoms. The van der Waals surface area contributed by atoms with Gasteiger partial charge in [0.2, 0.25) is 11.8 Å². The highest BCUT2D eigenvalue weighted by atomic mass is 16.2. The number of rotatable bonds is 5. The highest BCUT2D eigenvalue weighted by molar-refractivity contribution is 5.81. The van der Waals surface area contributed by atoms with Gasteiger partial charge in [-0.05, 0) is 51.9 Å². The van der Waals surface area contributed by atoms with Crippen LogP contribution >= 0.6 is 0 Å². The number of carbonyl (C=O) groups is 2. The fourth-order valence-electron chi connectivity index (χ4n) is 3.82. The van der Waals surface area contributed by atoms with Gasteiger partial charge in [-0.1, -0.05) is 32.6 Å². The highest BCUT2D eigenvalue weighted by Gasteiger charge is 2.31. The zero-order valence-electron chi connectivity index (χ0n) is 14.9. The van der Waals surface area contributed by atoms with E-state index in [4.69, 9.17) is 0 Å². The molecule has 2 aliphatic carbocycles. The fraction of sp³-hybridized carbons (Fsp3) is 0.895. The van der Waals surface area contributed by atoms with Gasteiger partial charge in [-0.2, -0.15) is 0 Å². The van der Waals surface area contributed by atoms with E-state index in [0.29, 0.717) is 6.04 Å². The Kier molecular flexibility index (Phi) is 7.38. The molecule has 2 N–H and O–H groups in total. The summed E-state index contributed by atoms with van der Waals surface area (Å²) < 4.78 is 0. The standard InChI is InChI=1S/C19H34N2O2/c1-3-14(2)20-18(22)15-10-12-16(13-11-15)19(23)21-17-8-6-4-5-7-9-17/h14-17H,3-13H2,1-2H3,(H,20,22)(H,21,23). The van der Waals surface area contributed by atoms with E-state index < -0.39 is 0 Å². The average molecular weight is 322 g/mol. The van der Waals surface area contributed by atoms with Gasteiger partial charge in [-0.25, -0.2) is 0 Å². The van der Waals surface area contributed by atoms with Crippen molar-refractivity contribution in [2.75, 3.05) is 0 Å². The summed E-state index contributed by atoms with van der Waals surface area (Å²) >= 11 is 0. The van der Waals surface area contributed by atoms with E-state index in [9.17, 15) is 9.59 Å². The van der Waals surface area contributed by atoms with Crippen LogP contribution in [0.4, 0.5) is 0 Å². The SMILES string of the molecule is CCC(C)NC(=O)C1CCC(C(=O)NC2CCCCCC2)CC1. The molecule has 1 atom stereocenters. The zero-order valence-corrected chi connectivity index (χ0v) is 14.9. The molecule has 2 saturated carbocycles. The minimum absolute atomic E-state index is 0.103. The van der Waals surface area contributed by atoms with Crippen LogP contribution in [-0.2, 0) is 9.59 Å². The summed E-state index contributed by atoms with van der Waals surface area (Å²) in [6.45, 7) is 4.13. The van der Waals surface area contributed by atoms with Gasteiger partial charge in [0.05, 0.1) is 0 Å². The van der Waals surface area contributed by atoms with Crippen LogP contribution in [0.25, 0.3) is 0 Å². The van der Waals surface area contributed by atoms with E-state index in [2.05, 4.69) is 17.6 Å². The van der Waals surface area contributed by atoms with E-state index in [1.54, 1.807) is 0 Å². The van der Waals surface area contributed by atoms with Crippen molar-refractivity contribution >= 4 is 11.8 Å². The van der Waals surface area contributed by atoms with Crippen LogP contribution in [0.3, 0.4) is 0 Å². The number of nitrogens with one attached hydrogen (secondary N) is 2. The summed E-state index contributed by atoms with van der Waals surface area (Å²) in [5.41, 5.74) is 0. The van der Waals surface area contributed by atoms with E-state index >= 15 is 0 Å². The fourth-order valence-corrected chi connectivity index (χ4v) is 3.82. The first-order valence-corrected chi connectivity index (χ1v) is 9.71. The molecule has 23 heavy (non-hydrogen) atoms. The lowest BCUT2D eigenvalue weighted by molar-refractivity contribution is -0.131. The number of carbonyl (C=O) groups excluding carboxylic acids is 2. The normalized spacial score (nSPS) is 27.7. The van der Waals surface area contributed by atoms with E-state index in [-0.39, 0.29) is 29.7 Å². The van der Waals surface area contributed by atoms with Gasteiger partial charge in [0.1, 0.15) is 0 Å². The molecule has 0 saturated heterocycles. The van der Waals surface area contributed by atoms with Crippen molar-refractivity contribution in [1.29, 1.82) is 0 Å². The molecule has 0 heterocycles. The van der Waals surface area contributed by atoms with Crippen molar-refractivity contribution in [3.63, 3.8) is 0 Å². The maximum atomic E-state index is 12.5. The van der Waals surface area contributed by atoms with Gasteiger partial charge in [0.15, 0.2) is 0 Å². The second-order valence-electron chi connectivity index (χ2n) is 7.56. The molecule has 0 radical (unpaired) electrons. The molecular weight excluding hydrogens is 288 g/mol. The summed E-state index contributed by atoms with van der Waals surface area (Å²) in [4.78, 5) is 24.7. The Hall–Kier alpha value is -1.06. The molecule has 0 aromatic heterocycles. The van der Waals surface area contributed by atoms with Gasteiger partial charge < -0.3 is 10.6 Å². The van der Waals surface area contributed by atoms with Crippen LogP contribution in [0.5, 0.6) is 0 Å². The van der Waals surface area contributed by atoms with E-state index in [1.807, 2.05) is 6.92 Å². The Morgan fingerprint density at radius 2 is 1.39 bits per heavy atom. The topological polar surface area (TPSA) is 58.2 Å². The summed E-state index contributed by atoms with van der Waals surface area (Å²) in [6, 6.07) is 0.634. The largest absolute Gasteiger partial charge is 0.353 e. The Balaban J connectivity index is 1.72. The molecule has 4 nitrogen and oxygen atoms in total. The van der Waals surface area contributed by atoms with E-state index in [0.717, 1.165) is 44.9 Å². The number of hydrogen-bond donors (Lipinski definition) is 2. The van der Waals surface area contributed by atoms with Crippen molar-refractivity contribution in [2.45, 2.75) is 96.6 Å². The van der Waals surface area contributed by atoms with Gasteiger partial charge >= 0.3 is 0 Å². The number of hydrogen-bond acceptors (Lipinski definition) is 2. The van der Waals surface area contributed by atoms with Crippen LogP contribution in [0.2, 0.25) is 0 Å². The Labute approximate surface area is 141 Å². The van der Waals surface area contributed by atoms with Gasteiger partial charge in [0.25, 0.3) is 0 Å². The van der Waals surface area contributed by atoms with Crippen molar-refractivity contribution in [3.05, 3.63) is 0 Å². The first-order valence-electron chi connectivity index (χ1n) is 9.71. The lowest BCUT2D eigenvalue weighted by atomic mass is 9.81. The van der Waals surface area contributed by atoms with Crippen molar-refractivity contribution < 1.29 is 9.59 Å². The van der Waals surface area contributed by atoms with Gasteiger partial charge in [-0.3, -0.25) is 9.59 Å². The molecule has 132 valence electrons. The van der Waals surface area contributed by atoms with Crippen molar-refractivity contribution in [3.8, 4) is 0 Å². The molecular formula is C19H34N2O2. The van der Waals surface area contributed by atoms with Crippen molar-refractivity contribution in [2.24, 2.45) is 11.8 Å².